The predicted molar refractivity (Wildman–Crippen MR) is 153 cm³/mol. The smallest absolute Gasteiger partial charge is 0.0950 e. The van der Waals surface area contributed by atoms with Crippen LogP contribution >= 0.6 is 11.8 Å². The molecule has 3 nitrogen and oxygen atoms in total. The summed E-state index contributed by atoms with van der Waals surface area (Å²) in [4.78, 5) is 7.17. The van der Waals surface area contributed by atoms with Gasteiger partial charge in [0.15, 0.2) is 0 Å². The molecule has 0 spiro atoms. The van der Waals surface area contributed by atoms with Crippen molar-refractivity contribution in [1.29, 1.82) is 0 Å². The van der Waals surface area contributed by atoms with Gasteiger partial charge < -0.3 is 14.4 Å². The highest BCUT2D eigenvalue weighted by molar-refractivity contribution is 7.99. The van der Waals surface area contributed by atoms with Crippen LogP contribution < -0.4 is 9.80 Å². The molecule has 1 aliphatic heterocycles. The van der Waals surface area contributed by atoms with Gasteiger partial charge in [-0.05, 0) is 66.7 Å². The molecule has 0 fully saturated rings. The monoisotopic (exact) mass is 483 g/mol. The number of rotatable bonds is 4. The SMILES string of the molecule is CN1CN(c2cccc(Sc3ccc4c(c3)c3ccccc3n4-c3ccccc3)c2)c2ccccc21. The highest BCUT2D eigenvalue weighted by atomic mass is 32.2. The van der Waals surface area contributed by atoms with E-state index < -0.39 is 0 Å². The summed E-state index contributed by atoms with van der Waals surface area (Å²) in [7, 11) is 2.15. The summed E-state index contributed by atoms with van der Waals surface area (Å²) >= 11 is 1.82. The molecule has 7 rings (SSSR count). The summed E-state index contributed by atoms with van der Waals surface area (Å²) in [5.74, 6) is 0. The summed E-state index contributed by atoms with van der Waals surface area (Å²) in [6, 6.07) is 43.7. The van der Waals surface area contributed by atoms with Crippen LogP contribution in [0.15, 0.2) is 131 Å². The highest BCUT2D eigenvalue weighted by Crippen LogP contribution is 2.41. The number of para-hydroxylation sites is 4. The average molecular weight is 484 g/mol. The van der Waals surface area contributed by atoms with Crippen LogP contribution in [-0.4, -0.2) is 18.3 Å². The third-order valence-electron chi connectivity index (χ3n) is 6.96. The molecular formula is C32H25N3S. The first-order valence-electron chi connectivity index (χ1n) is 12.2. The van der Waals surface area contributed by atoms with E-state index in [0.717, 1.165) is 6.67 Å². The minimum atomic E-state index is 0.860. The number of aromatic nitrogens is 1. The Morgan fingerprint density at radius 3 is 2.14 bits per heavy atom. The lowest BCUT2D eigenvalue weighted by atomic mass is 10.1. The molecule has 174 valence electrons. The molecule has 0 saturated heterocycles. The normalized spacial score (nSPS) is 13.0. The number of hydrogen-bond donors (Lipinski definition) is 0. The lowest BCUT2D eigenvalue weighted by Gasteiger charge is -2.20. The van der Waals surface area contributed by atoms with Gasteiger partial charge >= 0.3 is 0 Å². The second kappa shape index (κ2) is 8.51. The molecule has 1 aromatic heterocycles. The third kappa shape index (κ3) is 3.45. The number of fused-ring (bicyclic) bond motifs is 4. The molecule has 2 heterocycles. The van der Waals surface area contributed by atoms with Gasteiger partial charge in [0, 0.05) is 39.0 Å². The molecule has 0 amide bonds. The van der Waals surface area contributed by atoms with Gasteiger partial charge in [0.1, 0.15) is 0 Å². The molecule has 5 aromatic carbocycles. The lowest BCUT2D eigenvalue weighted by Crippen LogP contribution is -2.23. The number of anilines is 3. The highest BCUT2D eigenvalue weighted by Gasteiger charge is 2.24. The molecule has 1 aliphatic rings. The Morgan fingerprint density at radius 2 is 1.25 bits per heavy atom. The Morgan fingerprint density at radius 1 is 0.556 bits per heavy atom. The van der Waals surface area contributed by atoms with E-state index >= 15 is 0 Å². The predicted octanol–water partition coefficient (Wildman–Crippen LogP) is 8.48. The van der Waals surface area contributed by atoms with Gasteiger partial charge in [0.2, 0.25) is 0 Å². The minimum absolute atomic E-state index is 0.860. The molecular weight excluding hydrogens is 458 g/mol. The molecule has 0 radical (unpaired) electrons. The van der Waals surface area contributed by atoms with Crippen molar-refractivity contribution in [3.05, 3.63) is 121 Å². The van der Waals surface area contributed by atoms with E-state index in [-0.39, 0.29) is 0 Å². The van der Waals surface area contributed by atoms with Crippen LogP contribution in [0.25, 0.3) is 27.5 Å². The topological polar surface area (TPSA) is 11.4 Å². The second-order valence-corrected chi connectivity index (χ2v) is 10.4. The van der Waals surface area contributed by atoms with E-state index in [0.29, 0.717) is 0 Å². The maximum atomic E-state index is 2.38. The summed E-state index contributed by atoms with van der Waals surface area (Å²) in [6.07, 6.45) is 0. The fourth-order valence-electron chi connectivity index (χ4n) is 5.32. The van der Waals surface area contributed by atoms with Gasteiger partial charge in [-0.15, -0.1) is 0 Å². The first-order valence-corrected chi connectivity index (χ1v) is 13.0. The van der Waals surface area contributed by atoms with Crippen LogP contribution in [0, 0.1) is 0 Å². The van der Waals surface area contributed by atoms with E-state index in [1.807, 2.05) is 11.8 Å². The van der Waals surface area contributed by atoms with Gasteiger partial charge in [-0.1, -0.05) is 66.4 Å². The minimum Gasteiger partial charge on any atom is -0.355 e. The summed E-state index contributed by atoms with van der Waals surface area (Å²) in [5.41, 5.74) is 7.41. The third-order valence-corrected chi connectivity index (χ3v) is 7.94. The standard InChI is InChI=1S/C32H25N3S/c1-33-22-34(32-17-8-7-16-31(32)33)24-12-9-13-25(20-24)36-26-18-19-30-28(21-26)27-14-5-6-15-29(27)35(30)23-10-3-2-4-11-23/h2-21H,22H2,1H3. The van der Waals surface area contributed by atoms with Gasteiger partial charge in [-0.2, -0.15) is 0 Å². The molecule has 0 unspecified atom stereocenters. The molecule has 0 atom stereocenters. The van der Waals surface area contributed by atoms with E-state index in [9.17, 15) is 0 Å². The summed E-state index contributed by atoms with van der Waals surface area (Å²) < 4.78 is 2.36. The Balaban J connectivity index is 1.27. The zero-order valence-corrected chi connectivity index (χ0v) is 20.8. The second-order valence-electron chi connectivity index (χ2n) is 9.22. The molecule has 4 heteroatoms. The van der Waals surface area contributed by atoms with Crippen molar-refractivity contribution in [1.82, 2.24) is 4.57 Å². The fourth-order valence-corrected chi connectivity index (χ4v) is 6.23. The quantitative estimate of drug-likeness (QED) is 0.249. The maximum absolute atomic E-state index is 2.38. The van der Waals surface area contributed by atoms with Crippen molar-refractivity contribution in [3.8, 4) is 5.69 Å². The van der Waals surface area contributed by atoms with Crippen molar-refractivity contribution in [2.45, 2.75) is 9.79 Å². The number of hydrogen-bond acceptors (Lipinski definition) is 3. The van der Waals surface area contributed by atoms with E-state index in [1.54, 1.807) is 0 Å². The zero-order valence-electron chi connectivity index (χ0n) is 20.0. The molecule has 0 saturated carbocycles. The maximum Gasteiger partial charge on any atom is 0.0950 e. The molecule has 0 bridgehead atoms. The van der Waals surface area contributed by atoms with Crippen molar-refractivity contribution in [2.24, 2.45) is 0 Å². The van der Waals surface area contributed by atoms with Crippen LogP contribution in [0.3, 0.4) is 0 Å². The lowest BCUT2D eigenvalue weighted by molar-refractivity contribution is 0.948. The van der Waals surface area contributed by atoms with Crippen molar-refractivity contribution in [3.63, 3.8) is 0 Å². The van der Waals surface area contributed by atoms with Crippen LogP contribution in [0.1, 0.15) is 0 Å². The van der Waals surface area contributed by atoms with Gasteiger partial charge in [0.05, 0.1) is 29.1 Å². The van der Waals surface area contributed by atoms with Crippen LogP contribution in [-0.2, 0) is 0 Å². The van der Waals surface area contributed by atoms with Crippen molar-refractivity contribution >= 4 is 50.6 Å². The summed E-state index contributed by atoms with van der Waals surface area (Å²) in [6.45, 7) is 0.860. The van der Waals surface area contributed by atoms with Crippen LogP contribution in [0.2, 0.25) is 0 Å². The number of nitrogens with zero attached hydrogens (tertiary/aromatic N) is 3. The first-order chi connectivity index (χ1) is 17.8. The largest absolute Gasteiger partial charge is 0.355 e. The Labute approximate surface area is 215 Å². The van der Waals surface area contributed by atoms with Crippen molar-refractivity contribution < 1.29 is 0 Å². The van der Waals surface area contributed by atoms with Crippen molar-refractivity contribution in [2.75, 3.05) is 23.5 Å². The first kappa shape index (κ1) is 21.2. The Bertz CT molecular complexity index is 1720. The van der Waals surface area contributed by atoms with Crippen LogP contribution in [0.5, 0.6) is 0 Å². The average Bonchev–Trinajstić information content (AvgIpc) is 3.44. The fraction of sp³-hybridized carbons (Fsp3) is 0.0625. The Hall–Kier alpha value is -4.15. The summed E-state index contributed by atoms with van der Waals surface area (Å²) in [5, 5.41) is 2.56. The Kier molecular flexibility index (Phi) is 5.00. The van der Waals surface area contributed by atoms with Crippen LogP contribution in [0.4, 0.5) is 17.1 Å². The molecule has 36 heavy (non-hydrogen) atoms. The van der Waals surface area contributed by atoms with E-state index in [2.05, 4.69) is 143 Å². The van der Waals surface area contributed by atoms with Gasteiger partial charge in [-0.3, -0.25) is 0 Å². The molecule has 6 aromatic rings. The van der Waals surface area contributed by atoms with E-state index in [1.165, 1.54) is 54.3 Å². The van der Waals surface area contributed by atoms with E-state index in [4.69, 9.17) is 0 Å². The number of benzene rings is 5. The van der Waals surface area contributed by atoms with Gasteiger partial charge in [0.25, 0.3) is 0 Å². The molecule has 0 aliphatic carbocycles. The van der Waals surface area contributed by atoms with Gasteiger partial charge in [-0.25, -0.2) is 0 Å². The molecule has 0 N–H and O–H groups in total. The zero-order chi connectivity index (χ0) is 24.1.